The number of benzene rings is 1. The van der Waals surface area contributed by atoms with Crippen molar-refractivity contribution in [1.82, 2.24) is 0 Å². The van der Waals surface area contributed by atoms with E-state index in [1.165, 1.54) is 0 Å². The van der Waals surface area contributed by atoms with Crippen molar-refractivity contribution in [3.8, 4) is 5.75 Å². The minimum atomic E-state index is -0.335. The molecule has 1 amide bonds. The molecule has 0 bridgehead atoms. The van der Waals surface area contributed by atoms with Crippen LogP contribution >= 0.6 is 0 Å². The average molecular weight is 236 g/mol. The summed E-state index contributed by atoms with van der Waals surface area (Å²) in [6, 6.07) is 6.56. The molecule has 0 saturated carbocycles. The van der Waals surface area contributed by atoms with Crippen LogP contribution in [0, 0.1) is 0 Å². The van der Waals surface area contributed by atoms with E-state index >= 15 is 0 Å². The summed E-state index contributed by atoms with van der Waals surface area (Å²) >= 11 is 0. The standard InChI is InChI=1S/C12H16N2O3/c13-7-1-2-10-8-17-12(16)14(10)9-3-5-11(15)6-4-9/h3-6,10,15H,1-2,7-8,13H2. The van der Waals surface area contributed by atoms with Gasteiger partial charge < -0.3 is 15.6 Å². The highest BCUT2D eigenvalue weighted by Gasteiger charge is 2.33. The maximum absolute atomic E-state index is 11.6. The number of anilines is 1. The van der Waals surface area contributed by atoms with Gasteiger partial charge in [0.15, 0.2) is 0 Å². The highest BCUT2D eigenvalue weighted by molar-refractivity contribution is 5.90. The number of hydrogen-bond donors (Lipinski definition) is 2. The van der Waals surface area contributed by atoms with Gasteiger partial charge in [0.25, 0.3) is 0 Å². The van der Waals surface area contributed by atoms with Gasteiger partial charge >= 0.3 is 6.09 Å². The Labute approximate surface area is 99.8 Å². The maximum atomic E-state index is 11.6. The molecule has 0 aromatic heterocycles. The fourth-order valence-corrected chi connectivity index (χ4v) is 1.96. The fourth-order valence-electron chi connectivity index (χ4n) is 1.96. The first-order valence-electron chi connectivity index (χ1n) is 5.67. The lowest BCUT2D eigenvalue weighted by molar-refractivity contribution is 0.178. The number of aromatic hydroxyl groups is 1. The van der Waals surface area contributed by atoms with E-state index in [1.807, 2.05) is 0 Å². The Morgan fingerprint density at radius 3 is 2.76 bits per heavy atom. The van der Waals surface area contributed by atoms with Crippen molar-refractivity contribution in [3.63, 3.8) is 0 Å². The van der Waals surface area contributed by atoms with Crippen LogP contribution in [0.1, 0.15) is 12.8 Å². The molecular weight excluding hydrogens is 220 g/mol. The van der Waals surface area contributed by atoms with E-state index in [1.54, 1.807) is 29.2 Å². The number of amides is 1. The molecule has 2 rings (SSSR count). The molecule has 1 aromatic rings. The molecule has 0 spiro atoms. The molecule has 0 aliphatic carbocycles. The van der Waals surface area contributed by atoms with Gasteiger partial charge in [0.1, 0.15) is 12.4 Å². The van der Waals surface area contributed by atoms with Crippen LogP contribution in [0.2, 0.25) is 0 Å². The lowest BCUT2D eigenvalue weighted by Crippen LogP contribution is -2.33. The summed E-state index contributed by atoms with van der Waals surface area (Å²) in [5.41, 5.74) is 6.21. The average Bonchev–Trinajstić information content (AvgIpc) is 2.69. The first-order chi connectivity index (χ1) is 8.22. The molecule has 5 nitrogen and oxygen atoms in total. The SMILES string of the molecule is NCCCC1COC(=O)N1c1ccc(O)cc1. The van der Waals surface area contributed by atoms with Crippen LogP contribution < -0.4 is 10.6 Å². The number of nitrogens with zero attached hydrogens (tertiary/aromatic N) is 1. The van der Waals surface area contributed by atoms with Crippen molar-refractivity contribution in [2.75, 3.05) is 18.1 Å². The molecule has 1 heterocycles. The van der Waals surface area contributed by atoms with Gasteiger partial charge in [-0.2, -0.15) is 0 Å². The highest BCUT2D eigenvalue weighted by Crippen LogP contribution is 2.26. The monoisotopic (exact) mass is 236 g/mol. The van der Waals surface area contributed by atoms with Gasteiger partial charge in [-0.25, -0.2) is 4.79 Å². The Bertz CT molecular complexity index is 391. The second kappa shape index (κ2) is 5.05. The molecule has 1 aromatic carbocycles. The largest absolute Gasteiger partial charge is 0.508 e. The van der Waals surface area contributed by atoms with Crippen LogP contribution in [-0.2, 0) is 4.74 Å². The lowest BCUT2D eigenvalue weighted by Gasteiger charge is -2.21. The van der Waals surface area contributed by atoms with E-state index in [9.17, 15) is 9.90 Å². The molecule has 3 N–H and O–H groups in total. The molecule has 1 aliphatic heterocycles. The summed E-state index contributed by atoms with van der Waals surface area (Å²) in [7, 11) is 0. The van der Waals surface area contributed by atoms with E-state index in [-0.39, 0.29) is 17.9 Å². The maximum Gasteiger partial charge on any atom is 0.414 e. The normalized spacial score (nSPS) is 19.5. The smallest absolute Gasteiger partial charge is 0.414 e. The van der Waals surface area contributed by atoms with Crippen LogP contribution in [0.4, 0.5) is 10.5 Å². The van der Waals surface area contributed by atoms with E-state index in [4.69, 9.17) is 10.5 Å². The van der Waals surface area contributed by atoms with Crippen molar-refractivity contribution in [1.29, 1.82) is 0 Å². The second-order valence-electron chi connectivity index (χ2n) is 4.05. The molecule has 92 valence electrons. The van der Waals surface area contributed by atoms with Crippen molar-refractivity contribution in [2.45, 2.75) is 18.9 Å². The Hall–Kier alpha value is -1.75. The summed E-state index contributed by atoms with van der Waals surface area (Å²) in [5.74, 6) is 0.180. The minimum absolute atomic E-state index is 0.0376. The van der Waals surface area contributed by atoms with Gasteiger partial charge in [-0.05, 0) is 43.7 Å². The highest BCUT2D eigenvalue weighted by atomic mass is 16.6. The molecule has 1 saturated heterocycles. The predicted octanol–water partition coefficient (Wildman–Crippen LogP) is 1.46. The van der Waals surface area contributed by atoms with Crippen molar-refractivity contribution in [3.05, 3.63) is 24.3 Å². The molecule has 1 fully saturated rings. The van der Waals surface area contributed by atoms with Gasteiger partial charge in [0, 0.05) is 5.69 Å². The third-order valence-electron chi connectivity index (χ3n) is 2.83. The summed E-state index contributed by atoms with van der Waals surface area (Å²) < 4.78 is 5.04. The van der Waals surface area contributed by atoms with E-state index in [2.05, 4.69) is 0 Å². The Balaban J connectivity index is 2.15. The van der Waals surface area contributed by atoms with E-state index < -0.39 is 0 Å². The van der Waals surface area contributed by atoms with Gasteiger partial charge in [-0.3, -0.25) is 4.90 Å². The van der Waals surface area contributed by atoms with Crippen LogP contribution in [-0.4, -0.2) is 30.4 Å². The van der Waals surface area contributed by atoms with Gasteiger partial charge in [0.2, 0.25) is 0 Å². The molecule has 1 atom stereocenters. The van der Waals surface area contributed by atoms with Gasteiger partial charge in [-0.1, -0.05) is 0 Å². The molecule has 1 aliphatic rings. The van der Waals surface area contributed by atoms with Gasteiger partial charge in [0.05, 0.1) is 6.04 Å². The number of carbonyl (C=O) groups is 1. The number of rotatable bonds is 4. The molecule has 0 radical (unpaired) electrons. The summed E-state index contributed by atoms with van der Waals surface area (Å²) in [4.78, 5) is 13.3. The predicted molar refractivity (Wildman–Crippen MR) is 64.0 cm³/mol. The molecule has 17 heavy (non-hydrogen) atoms. The molecular formula is C12H16N2O3. The summed E-state index contributed by atoms with van der Waals surface area (Å²) in [6.45, 7) is 1.01. The number of hydrogen-bond acceptors (Lipinski definition) is 4. The number of nitrogens with two attached hydrogens (primary N) is 1. The number of ether oxygens (including phenoxy) is 1. The number of carbonyl (C=O) groups excluding carboxylic acids is 1. The zero-order valence-electron chi connectivity index (χ0n) is 9.50. The third-order valence-corrected chi connectivity index (χ3v) is 2.83. The van der Waals surface area contributed by atoms with Crippen LogP contribution in [0.15, 0.2) is 24.3 Å². The summed E-state index contributed by atoms with van der Waals surface area (Å²) in [6.07, 6.45) is 1.34. The van der Waals surface area contributed by atoms with Crippen LogP contribution in [0.25, 0.3) is 0 Å². The number of phenols is 1. The third kappa shape index (κ3) is 2.50. The lowest BCUT2D eigenvalue weighted by atomic mass is 10.1. The van der Waals surface area contributed by atoms with Crippen LogP contribution in [0.3, 0.4) is 0 Å². The Morgan fingerprint density at radius 2 is 2.12 bits per heavy atom. The Morgan fingerprint density at radius 1 is 1.41 bits per heavy atom. The second-order valence-corrected chi connectivity index (χ2v) is 4.05. The summed E-state index contributed by atoms with van der Waals surface area (Å²) in [5, 5.41) is 9.22. The van der Waals surface area contributed by atoms with E-state index in [0.29, 0.717) is 13.2 Å². The number of cyclic esters (lactones) is 1. The van der Waals surface area contributed by atoms with Crippen molar-refractivity contribution in [2.24, 2.45) is 5.73 Å². The Kier molecular flexibility index (Phi) is 3.49. The molecule has 5 heteroatoms. The fraction of sp³-hybridized carbons (Fsp3) is 0.417. The number of phenolic OH excluding ortho intramolecular Hbond substituents is 1. The molecule has 1 unspecified atom stereocenters. The minimum Gasteiger partial charge on any atom is -0.508 e. The van der Waals surface area contributed by atoms with Crippen molar-refractivity contribution < 1.29 is 14.6 Å². The first kappa shape index (κ1) is 11.7. The first-order valence-corrected chi connectivity index (χ1v) is 5.67. The van der Waals surface area contributed by atoms with Gasteiger partial charge in [-0.15, -0.1) is 0 Å². The van der Waals surface area contributed by atoms with Crippen molar-refractivity contribution >= 4 is 11.8 Å². The quantitative estimate of drug-likeness (QED) is 0.829. The topological polar surface area (TPSA) is 75.8 Å². The zero-order chi connectivity index (χ0) is 12.3. The zero-order valence-corrected chi connectivity index (χ0v) is 9.50. The van der Waals surface area contributed by atoms with Crippen LogP contribution in [0.5, 0.6) is 5.75 Å². The van der Waals surface area contributed by atoms with E-state index in [0.717, 1.165) is 18.5 Å².